The molecule has 0 atom stereocenters. The van der Waals surface area contributed by atoms with Crippen LogP contribution in [0, 0.1) is 11.3 Å². The molecule has 1 aromatic heterocycles. The molecule has 0 amide bonds. The molecule has 0 radical (unpaired) electrons. The molecule has 104 valence electrons. The number of hydrogen-bond acceptors (Lipinski definition) is 2. The van der Waals surface area contributed by atoms with Gasteiger partial charge in [-0.1, -0.05) is 17.7 Å². The number of nitrogens with one attached hydrogen (secondary N) is 1. The minimum absolute atomic E-state index is 0.719. The standard InChI is InChI=1S/C17H14ClN3/c18-14-4-6-15(7-5-14)20-9-11-21-10-8-16-13(12-19)2-1-3-17(16)21/h1-8,10,20H,9,11H2. The summed E-state index contributed by atoms with van der Waals surface area (Å²) in [6, 6.07) is 17.7. The molecule has 21 heavy (non-hydrogen) atoms. The van der Waals surface area contributed by atoms with Crippen LogP contribution in [-0.4, -0.2) is 11.1 Å². The van der Waals surface area contributed by atoms with E-state index in [1.54, 1.807) is 0 Å². The Labute approximate surface area is 128 Å². The van der Waals surface area contributed by atoms with Gasteiger partial charge in [0.1, 0.15) is 0 Å². The molecule has 2 aromatic carbocycles. The molecule has 0 fully saturated rings. The van der Waals surface area contributed by atoms with E-state index in [0.29, 0.717) is 0 Å². The van der Waals surface area contributed by atoms with Crippen molar-refractivity contribution in [1.29, 1.82) is 5.26 Å². The van der Waals surface area contributed by atoms with Crippen molar-refractivity contribution < 1.29 is 0 Å². The van der Waals surface area contributed by atoms with E-state index in [-0.39, 0.29) is 0 Å². The van der Waals surface area contributed by atoms with Crippen LogP contribution in [0.15, 0.2) is 54.7 Å². The molecule has 1 heterocycles. The number of benzene rings is 2. The van der Waals surface area contributed by atoms with Crippen LogP contribution < -0.4 is 5.32 Å². The number of halogens is 1. The van der Waals surface area contributed by atoms with E-state index in [4.69, 9.17) is 16.9 Å². The topological polar surface area (TPSA) is 40.8 Å². The van der Waals surface area contributed by atoms with Crippen LogP contribution in [0.2, 0.25) is 5.02 Å². The maximum Gasteiger partial charge on any atom is 0.0998 e. The zero-order chi connectivity index (χ0) is 14.7. The van der Waals surface area contributed by atoms with Gasteiger partial charge in [0.15, 0.2) is 0 Å². The molecule has 3 nitrogen and oxygen atoms in total. The maximum atomic E-state index is 9.11. The number of nitriles is 1. The zero-order valence-electron chi connectivity index (χ0n) is 11.4. The van der Waals surface area contributed by atoms with Crippen LogP contribution in [-0.2, 0) is 6.54 Å². The van der Waals surface area contributed by atoms with Crippen molar-refractivity contribution in [2.24, 2.45) is 0 Å². The summed E-state index contributed by atoms with van der Waals surface area (Å²) in [5.41, 5.74) is 2.86. The molecule has 0 aliphatic heterocycles. The average Bonchev–Trinajstić information content (AvgIpc) is 2.92. The number of hydrogen-bond donors (Lipinski definition) is 1. The summed E-state index contributed by atoms with van der Waals surface area (Å²) in [6.45, 7) is 1.64. The van der Waals surface area contributed by atoms with Crippen molar-refractivity contribution in [3.05, 3.63) is 65.3 Å². The molecule has 0 spiro atoms. The van der Waals surface area contributed by atoms with Gasteiger partial charge in [-0.05, 0) is 42.5 Å². The Balaban J connectivity index is 1.71. The van der Waals surface area contributed by atoms with Crippen LogP contribution >= 0.6 is 11.6 Å². The average molecular weight is 296 g/mol. The third kappa shape index (κ3) is 2.86. The Kier molecular flexibility index (Phi) is 3.81. The van der Waals surface area contributed by atoms with Gasteiger partial charge in [0.2, 0.25) is 0 Å². The van der Waals surface area contributed by atoms with Gasteiger partial charge in [0.05, 0.1) is 11.6 Å². The van der Waals surface area contributed by atoms with Crippen LogP contribution in [0.25, 0.3) is 10.9 Å². The number of rotatable bonds is 4. The fourth-order valence-corrected chi connectivity index (χ4v) is 2.53. The van der Waals surface area contributed by atoms with E-state index in [1.807, 2.05) is 54.7 Å². The van der Waals surface area contributed by atoms with Crippen molar-refractivity contribution in [1.82, 2.24) is 4.57 Å². The van der Waals surface area contributed by atoms with E-state index < -0.39 is 0 Å². The largest absolute Gasteiger partial charge is 0.383 e. The van der Waals surface area contributed by atoms with Crippen LogP contribution in [0.4, 0.5) is 5.69 Å². The summed E-state index contributed by atoms with van der Waals surface area (Å²) >= 11 is 5.86. The molecule has 1 N–H and O–H groups in total. The zero-order valence-corrected chi connectivity index (χ0v) is 12.1. The van der Waals surface area contributed by atoms with Gasteiger partial charge >= 0.3 is 0 Å². The minimum atomic E-state index is 0.719. The first-order valence-electron chi connectivity index (χ1n) is 6.75. The second-order valence-corrected chi connectivity index (χ2v) is 5.23. The van der Waals surface area contributed by atoms with Crippen LogP contribution in [0.5, 0.6) is 0 Å². The number of anilines is 1. The molecule has 0 aliphatic rings. The predicted molar refractivity (Wildman–Crippen MR) is 86.6 cm³/mol. The highest BCUT2D eigenvalue weighted by Crippen LogP contribution is 2.19. The lowest BCUT2D eigenvalue weighted by Gasteiger charge is -2.09. The third-order valence-corrected chi connectivity index (χ3v) is 3.71. The van der Waals surface area contributed by atoms with Gasteiger partial charge in [-0.25, -0.2) is 0 Å². The highest BCUT2D eigenvalue weighted by atomic mass is 35.5. The normalized spacial score (nSPS) is 10.5. The van der Waals surface area contributed by atoms with Crippen LogP contribution in [0.1, 0.15) is 5.56 Å². The minimum Gasteiger partial charge on any atom is -0.383 e. The Morgan fingerprint density at radius 3 is 2.67 bits per heavy atom. The monoisotopic (exact) mass is 295 g/mol. The summed E-state index contributed by atoms with van der Waals surface area (Å²) in [4.78, 5) is 0. The molecule has 0 aliphatic carbocycles. The quantitative estimate of drug-likeness (QED) is 0.780. The van der Waals surface area contributed by atoms with Gasteiger partial charge in [0, 0.05) is 40.9 Å². The van der Waals surface area contributed by atoms with Crippen molar-refractivity contribution in [2.45, 2.75) is 6.54 Å². The smallest absolute Gasteiger partial charge is 0.0998 e. The highest BCUT2D eigenvalue weighted by molar-refractivity contribution is 6.30. The van der Waals surface area contributed by atoms with Crippen molar-refractivity contribution in [3.63, 3.8) is 0 Å². The lowest BCUT2D eigenvalue weighted by Crippen LogP contribution is -2.09. The number of fused-ring (bicyclic) bond motifs is 1. The molecule has 3 rings (SSSR count). The molecule has 0 saturated carbocycles. The highest BCUT2D eigenvalue weighted by Gasteiger charge is 2.04. The molecular weight excluding hydrogens is 282 g/mol. The molecular formula is C17H14ClN3. The van der Waals surface area contributed by atoms with E-state index in [9.17, 15) is 0 Å². The predicted octanol–water partition coefficient (Wildman–Crippen LogP) is 4.28. The molecule has 3 aromatic rings. The molecule has 0 unspecified atom stereocenters. The molecule has 0 bridgehead atoms. The Morgan fingerprint density at radius 2 is 1.90 bits per heavy atom. The summed E-state index contributed by atoms with van der Waals surface area (Å²) in [7, 11) is 0. The molecule has 0 saturated heterocycles. The van der Waals surface area contributed by atoms with Crippen molar-refractivity contribution >= 4 is 28.2 Å². The van der Waals surface area contributed by atoms with Crippen molar-refractivity contribution in [3.8, 4) is 6.07 Å². The van der Waals surface area contributed by atoms with Gasteiger partial charge in [-0.3, -0.25) is 0 Å². The maximum absolute atomic E-state index is 9.11. The van der Waals surface area contributed by atoms with E-state index in [1.165, 1.54) is 0 Å². The van der Waals surface area contributed by atoms with Crippen LogP contribution in [0.3, 0.4) is 0 Å². The number of aromatic nitrogens is 1. The van der Waals surface area contributed by atoms with E-state index in [0.717, 1.165) is 40.3 Å². The Morgan fingerprint density at radius 1 is 1.10 bits per heavy atom. The second-order valence-electron chi connectivity index (χ2n) is 4.79. The summed E-state index contributed by atoms with van der Waals surface area (Å²) < 4.78 is 2.15. The summed E-state index contributed by atoms with van der Waals surface area (Å²) in [5.74, 6) is 0. The van der Waals surface area contributed by atoms with Crippen molar-refractivity contribution in [2.75, 3.05) is 11.9 Å². The number of nitrogens with zero attached hydrogens (tertiary/aromatic N) is 2. The Hall–Kier alpha value is -2.44. The first-order valence-corrected chi connectivity index (χ1v) is 7.13. The van der Waals surface area contributed by atoms with Gasteiger partial charge in [-0.2, -0.15) is 5.26 Å². The van der Waals surface area contributed by atoms with Gasteiger partial charge in [0.25, 0.3) is 0 Å². The second kappa shape index (κ2) is 5.90. The SMILES string of the molecule is N#Cc1cccc2c1ccn2CCNc1ccc(Cl)cc1. The third-order valence-electron chi connectivity index (χ3n) is 3.46. The lowest BCUT2D eigenvalue weighted by atomic mass is 10.1. The van der Waals surface area contributed by atoms with Gasteiger partial charge in [-0.15, -0.1) is 0 Å². The van der Waals surface area contributed by atoms with E-state index in [2.05, 4.69) is 16.0 Å². The first-order chi connectivity index (χ1) is 10.3. The van der Waals surface area contributed by atoms with Gasteiger partial charge < -0.3 is 9.88 Å². The Bertz CT molecular complexity index is 797. The molecule has 4 heteroatoms. The first kappa shape index (κ1) is 13.5. The summed E-state index contributed by atoms with van der Waals surface area (Å²) in [5, 5.41) is 14.2. The lowest BCUT2D eigenvalue weighted by molar-refractivity contribution is 0.757. The fraction of sp³-hybridized carbons (Fsp3) is 0.118. The fourth-order valence-electron chi connectivity index (χ4n) is 2.40. The summed E-state index contributed by atoms with van der Waals surface area (Å²) in [6.07, 6.45) is 2.02. The van der Waals surface area contributed by atoms with E-state index >= 15 is 0 Å².